The van der Waals surface area contributed by atoms with E-state index in [4.69, 9.17) is 9.47 Å². The number of amides is 2. The Morgan fingerprint density at radius 3 is 2.74 bits per heavy atom. The minimum atomic E-state index is -0.708. The Morgan fingerprint density at radius 1 is 1.35 bits per heavy atom. The predicted octanol–water partition coefficient (Wildman–Crippen LogP) is 2.53. The van der Waals surface area contributed by atoms with Gasteiger partial charge >= 0.3 is 6.09 Å². The Hall–Kier alpha value is -2.24. The molecular weight excluding hydrogens is 296 g/mol. The van der Waals surface area contributed by atoms with E-state index < -0.39 is 11.0 Å². The largest absolute Gasteiger partial charge is 0.497 e. The van der Waals surface area contributed by atoms with E-state index in [1.165, 1.54) is 0 Å². The molecule has 1 atom stereocenters. The molecule has 2 aliphatic rings. The Morgan fingerprint density at radius 2 is 2.09 bits per heavy atom. The molecule has 0 saturated carbocycles. The van der Waals surface area contributed by atoms with Crippen LogP contribution in [0.5, 0.6) is 5.75 Å². The number of likely N-dealkylation sites (tertiary alicyclic amines) is 1. The highest BCUT2D eigenvalue weighted by atomic mass is 16.6. The number of hydrogen-bond donors (Lipinski definition) is 1. The van der Waals surface area contributed by atoms with E-state index >= 15 is 0 Å². The number of nitrogens with zero attached hydrogens (tertiary/aromatic N) is 1. The molecule has 1 aromatic carbocycles. The number of carbonyl (C=O) groups is 2. The van der Waals surface area contributed by atoms with Crippen molar-refractivity contribution in [3.63, 3.8) is 0 Å². The second kappa shape index (κ2) is 5.15. The van der Waals surface area contributed by atoms with Crippen LogP contribution in [0.4, 0.5) is 10.5 Å². The molecule has 6 heteroatoms. The van der Waals surface area contributed by atoms with Gasteiger partial charge in [-0.2, -0.15) is 0 Å². The fraction of sp³-hybridized carbons (Fsp3) is 0.529. The summed E-state index contributed by atoms with van der Waals surface area (Å²) in [6, 6.07) is 5.54. The van der Waals surface area contributed by atoms with E-state index in [9.17, 15) is 9.59 Å². The zero-order valence-corrected chi connectivity index (χ0v) is 13.9. The third kappa shape index (κ3) is 2.62. The van der Waals surface area contributed by atoms with E-state index in [-0.39, 0.29) is 12.0 Å². The predicted molar refractivity (Wildman–Crippen MR) is 85.7 cm³/mol. The fourth-order valence-electron chi connectivity index (χ4n) is 3.22. The zero-order valence-electron chi connectivity index (χ0n) is 13.9. The number of anilines is 1. The standard InChI is InChI=1S/C17H22N2O4/c1-16(2,3)23-15(21)19-8-7-17(10-19)12-9-11(22-4)5-6-13(12)18-14(17)20/h5-6,9H,7-8,10H2,1-4H3,(H,18,20)/t17-/m1/s1. The first kappa shape index (κ1) is 15.6. The Labute approximate surface area is 135 Å². The van der Waals surface area contributed by atoms with Crippen molar-refractivity contribution in [2.24, 2.45) is 0 Å². The molecule has 0 unspecified atom stereocenters. The summed E-state index contributed by atoms with van der Waals surface area (Å²) < 4.78 is 10.7. The highest BCUT2D eigenvalue weighted by Gasteiger charge is 2.52. The molecule has 2 aliphatic heterocycles. The first-order valence-corrected chi connectivity index (χ1v) is 7.73. The van der Waals surface area contributed by atoms with Gasteiger partial charge in [-0.1, -0.05) is 0 Å². The lowest BCUT2D eigenvalue weighted by molar-refractivity contribution is -0.120. The molecular formula is C17H22N2O4. The third-order valence-corrected chi connectivity index (χ3v) is 4.35. The summed E-state index contributed by atoms with van der Waals surface area (Å²) in [7, 11) is 1.60. The van der Waals surface area contributed by atoms with Gasteiger partial charge in [-0.3, -0.25) is 4.79 Å². The zero-order chi connectivity index (χ0) is 16.8. The number of carbonyl (C=O) groups excluding carboxylic acids is 2. The van der Waals surface area contributed by atoms with Crippen molar-refractivity contribution in [2.45, 2.75) is 38.2 Å². The first-order chi connectivity index (χ1) is 10.7. The van der Waals surface area contributed by atoms with Gasteiger partial charge in [0, 0.05) is 18.8 Å². The van der Waals surface area contributed by atoms with Crippen LogP contribution in [-0.4, -0.2) is 42.7 Å². The normalized spacial score (nSPS) is 23.0. The molecule has 3 rings (SSSR count). The first-order valence-electron chi connectivity index (χ1n) is 7.73. The molecule has 0 bridgehead atoms. The smallest absolute Gasteiger partial charge is 0.410 e. The number of ether oxygens (including phenoxy) is 2. The minimum absolute atomic E-state index is 0.0631. The lowest BCUT2D eigenvalue weighted by Crippen LogP contribution is -2.41. The maximum atomic E-state index is 12.6. The van der Waals surface area contributed by atoms with Crippen molar-refractivity contribution < 1.29 is 19.1 Å². The number of rotatable bonds is 1. The Balaban J connectivity index is 1.87. The van der Waals surface area contributed by atoms with Crippen LogP contribution in [0, 0.1) is 0 Å². The summed E-state index contributed by atoms with van der Waals surface area (Å²) in [6.45, 7) is 6.32. The summed E-state index contributed by atoms with van der Waals surface area (Å²) in [5.41, 5.74) is 0.432. The van der Waals surface area contributed by atoms with Gasteiger partial charge in [0.1, 0.15) is 11.4 Å². The molecule has 1 aromatic rings. The molecule has 2 amide bonds. The summed E-state index contributed by atoms with van der Waals surface area (Å²) in [5, 5.41) is 2.92. The van der Waals surface area contributed by atoms with E-state index in [1.807, 2.05) is 39.0 Å². The second-order valence-corrected chi connectivity index (χ2v) is 7.10. The number of methoxy groups -OCH3 is 1. The highest BCUT2D eigenvalue weighted by Crippen LogP contribution is 2.45. The van der Waals surface area contributed by atoms with Gasteiger partial charge < -0.3 is 19.7 Å². The molecule has 6 nitrogen and oxygen atoms in total. The molecule has 23 heavy (non-hydrogen) atoms. The second-order valence-electron chi connectivity index (χ2n) is 7.10. The van der Waals surface area contributed by atoms with E-state index in [1.54, 1.807) is 12.0 Å². The van der Waals surface area contributed by atoms with Gasteiger partial charge in [-0.15, -0.1) is 0 Å². The summed E-state index contributed by atoms with van der Waals surface area (Å²) >= 11 is 0. The van der Waals surface area contributed by atoms with E-state index in [2.05, 4.69) is 5.32 Å². The van der Waals surface area contributed by atoms with Gasteiger partial charge in [0.15, 0.2) is 0 Å². The molecule has 124 valence electrons. The van der Waals surface area contributed by atoms with Gasteiger partial charge in [-0.05, 0) is 51.0 Å². The van der Waals surface area contributed by atoms with Crippen molar-refractivity contribution in [3.8, 4) is 5.75 Å². The van der Waals surface area contributed by atoms with Crippen molar-refractivity contribution in [3.05, 3.63) is 23.8 Å². The maximum absolute atomic E-state index is 12.6. The van der Waals surface area contributed by atoms with Gasteiger partial charge in [0.2, 0.25) is 5.91 Å². The van der Waals surface area contributed by atoms with E-state index in [0.29, 0.717) is 25.3 Å². The lowest BCUT2D eigenvalue weighted by atomic mass is 9.81. The molecule has 2 heterocycles. The fourth-order valence-corrected chi connectivity index (χ4v) is 3.22. The quantitative estimate of drug-likeness (QED) is 0.864. The Kier molecular flexibility index (Phi) is 3.50. The molecule has 0 radical (unpaired) electrons. The van der Waals surface area contributed by atoms with Crippen LogP contribution in [0.1, 0.15) is 32.8 Å². The van der Waals surface area contributed by atoms with Gasteiger partial charge in [0.05, 0.1) is 12.5 Å². The molecule has 1 fully saturated rings. The van der Waals surface area contributed by atoms with Crippen molar-refractivity contribution in [2.75, 3.05) is 25.5 Å². The molecule has 0 aromatic heterocycles. The maximum Gasteiger partial charge on any atom is 0.410 e. The average molecular weight is 318 g/mol. The number of fused-ring (bicyclic) bond motifs is 2. The molecule has 1 saturated heterocycles. The summed E-state index contributed by atoms with van der Waals surface area (Å²) in [5.74, 6) is 0.641. The van der Waals surface area contributed by atoms with Crippen LogP contribution in [0.3, 0.4) is 0 Å². The summed E-state index contributed by atoms with van der Waals surface area (Å²) in [4.78, 5) is 26.5. The van der Waals surface area contributed by atoms with Crippen molar-refractivity contribution in [1.82, 2.24) is 4.90 Å². The van der Waals surface area contributed by atoms with Crippen molar-refractivity contribution in [1.29, 1.82) is 0 Å². The van der Waals surface area contributed by atoms with Gasteiger partial charge in [0.25, 0.3) is 0 Å². The average Bonchev–Trinajstić information content (AvgIpc) is 3.02. The summed E-state index contributed by atoms with van der Waals surface area (Å²) in [6.07, 6.45) is 0.205. The molecule has 0 aliphatic carbocycles. The van der Waals surface area contributed by atoms with Crippen LogP contribution >= 0.6 is 0 Å². The Bertz CT molecular complexity index is 665. The lowest BCUT2D eigenvalue weighted by Gasteiger charge is -2.26. The van der Waals surface area contributed by atoms with Crippen LogP contribution in [-0.2, 0) is 14.9 Å². The number of benzene rings is 1. The number of nitrogens with one attached hydrogen (secondary N) is 1. The monoisotopic (exact) mass is 318 g/mol. The van der Waals surface area contributed by atoms with Crippen LogP contribution in [0.15, 0.2) is 18.2 Å². The third-order valence-electron chi connectivity index (χ3n) is 4.35. The topological polar surface area (TPSA) is 67.9 Å². The minimum Gasteiger partial charge on any atom is -0.497 e. The molecule has 1 spiro atoms. The van der Waals surface area contributed by atoms with Crippen LogP contribution < -0.4 is 10.1 Å². The van der Waals surface area contributed by atoms with Crippen LogP contribution in [0.25, 0.3) is 0 Å². The SMILES string of the molecule is COc1ccc2c(c1)[C@]1(CCN(C(=O)OC(C)(C)C)C1)C(=O)N2. The van der Waals surface area contributed by atoms with Crippen LogP contribution in [0.2, 0.25) is 0 Å². The highest BCUT2D eigenvalue weighted by molar-refractivity contribution is 6.07. The molecule has 1 N–H and O–H groups in total. The van der Waals surface area contributed by atoms with Gasteiger partial charge in [-0.25, -0.2) is 4.79 Å². The van der Waals surface area contributed by atoms with Crippen molar-refractivity contribution >= 4 is 17.7 Å². The number of hydrogen-bond acceptors (Lipinski definition) is 4. The van der Waals surface area contributed by atoms with E-state index in [0.717, 1.165) is 11.3 Å².